The maximum Gasteiger partial charge on any atom is 0.168 e. The number of thiocarbonyl (C=S) groups is 1. The maximum atomic E-state index is 5.33. The SMILES string of the molecule is COCCCNC(=S)N1CCC(COC)C1. The molecule has 0 saturated carbocycles. The van der Waals surface area contributed by atoms with Gasteiger partial charge in [-0.1, -0.05) is 0 Å². The van der Waals surface area contributed by atoms with Gasteiger partial charge < -0.3 is 19.7 Å². The molecule has 0 spiro atoms. The van der Waals surface area contributed by atoms with Gasteiger partial charge in [0.1, 0.15) is 0 Å². The molecule has 1 rings (SSSR count). The summed E-state index contributed by atoms with van der Waals surface area (Å²) in [6.45, 7) is 4.57. The number of nitrogens with zero attached hydrogens (tertiary/aromatic N) is 1. The van der Waals surface area contributed by atoms with Gasteiger partial charge in [-0.3, -0.25) is 0 Å². The summed E-state index contributed by atoms with van der Waals surface area (Å²) >= 11 is 5.33. The van der Waals surface area contributed by atoms with Gasteiger partial charge in [0.2, 0.25) is 0 Å². The number of methoxy groups -OCH3 is 2. The zero-order chi connectivity index (χ0) is 11.8. The molecular formula is C11H22N2O2S. The number of hydrogen-bond acceptors (Lipinski definition) is 3. The van der Waals surface area contributed by atoms with Crippen molar-refractivity contribution in [1.29, 1.82) is 0 Å². The van der Waals surface area contributed by atoms with E-state index in [1.165, 1.54) is 6.42 Å². The second-order valence-electron chi connectivity index (χ2n) is 4.13. The number of nitrogens with one attached hydrogen (secondary N) is 1. The van der Waals surface area contributed by atoms with Crippen LogP contribution >= 0.6 is 12.2 Å². The van der Waals surface area contributed by atoms with Crippen molar-refractivity contribution in [3.63, 3.8) is 0 Å². The molecule has 1 atom stereocenters. The van der Waals surface area contributed by atoms with Gasteiger partial charge >= 0.3 is 0 Å². The summed E-state index contributed by atoms with van der Waals surface area (Å²) in [5, 5.41) is 4.13. The highest BCUT2D eigenvalue weighted by Gasteiger charge is 2.23. The average molecular weight is 246 g/mol. The molecule has 1 aliphatic heterocycles. The van der Waals surface area contributed by atoms with Crippen LogP contribution in [0.1, 0.15) is 12.8 Å². The van der Waals surface area contributed by atoms with E-state index in [0.717, 1.165) is 44.4 Å². The van der Waals surface area contributed by atoms with Crippen LogP contribution in [0.5, 0.6) is 0 Å². The zero-order valence-corrected chi connectivity index (χ0v) is 11.0. The highest BCUT2D eigenvalue weighted by molar-refractivity contribution is 7.80. The van der Waals surface area contributed by atoms with Crippen molar-refractivity contribution in [2.45, 2.75) is 12.8 Å². The molecular weight excluding hydrogens is 224 g/mol. The normalized spacial score (nSPS) is 20.1. The van der Waals surface area contributed by atoms with Crippen LogP contribution in [0.15, 0.2) is 0 Å². The lowest BCUT2D eigenvalue weighted by Gasteiger charge is -2.20. The molecule has 0 aromatic rings. The van der Waals surface area contributed by atoms with Crippen LogP contribution in [-0.4, -0.2) is 57.1 Å². The smallest absolute Gasteiger partial charge is 0.168 e. The predicted octanol–water partition coefficient (Wildman–Crippen LogP) is 0.866. The third-order valence-electron chi connectivity index (χ3n) is 2.78. The molecule has 1 saturated heterocycles. The van der Waals surface area contributed by atoms with Gasteiger partial charge in [0.05, 0.1) is 6.61 Å². The summed E-state index contributed by atoms with van der Waals surface area (Å²) in [4.78, 5) is 2.23. The Bertz CT molecular complexity index is 214. The molecule has 16 heavy (non-hydrogen) atoms. The zero-order valence-electron chi connectivity index (χ0n) is 10.2. The van der Waals surface area contributed by atoms with Crippen LogP contribution in [0.3, 0.4) is 0 Å². The number of hydrogen-bond donors (Lipinski definition) is 1. The monoisotopic (exact) mass is 246 g/mol. The summed E-state index contributed by atoms with van der Waals surface area (Å²) in [5.74, 6) is 0.628. The molecule has 0 aromatic heterocycles. The van der Waals surface area contributed by atoms with Crippen molar-refractivity contribution in [2.24, 2.45) is 5.92 Å². The fourth-order valence-corrected chi connectivity index (χ4v) is 2.18. The number of ether oxygens (including phenoxy) is 2. The van der Waals surface area contributed by atoms with Crippen LogP contribution < -0.4 is 5.32 Å². The minimum absolute atomic E-state index is 0.628. The molecule has 0 bridgehead atoms. The Hall–Kier alpha value is -0.390. The topological polar surface area (TPSA) is 33.7 Å². The minimum Gasteiger partial charge on any atom is -0.385 e. The quantitative estimate of drug-likeness (QED) is 0.555. The van der Waals surface area contributed by atoms with Gasteiger partial charge in [-0.15, -0.1) is 0 Å². The van der Waals surface area contributed by atoms with E-state index in [1.807, 2.05) is 0 Å². The molecule has 4 nitrogen and oxygen atoms in total. The second-order valence-corrected chi connectivity index (χ2v) is 4.52. The Morgan fingerprint density at radius 2 is 2.25 bits per heavy atom. The lowest BCUT2D eigenvalue weighted by Crippen LogP contribution is -2.39. The van der Waals surface area contributed by atoms with Crippen LogP contribution in [0, 0.1) is 5.92 Å². The molecule has 1 N–H and O–H groups in total. The van der Waals surface area contributed by atoms with E-state index >= 15 is 0 Å². The van der Waals surface area contributed by atoms with E-state index in [-0.39, 0.29) is 0 Å². The summed E-state index contributed by atoms with van der Waals surface area (Å²) in [6.07, 6.45) is 2.17. The highest BCUT2D eigenvalue weighted by atomic mass is 32.1. The van der Waals surface area contributed by atoms with Gasteiger partial charge in [0, 0.05) is 46.4 Å². The van der Waals surface area contributed by atoms with E-state index in [1.54, 1.807) is 14.2 Å². The fraction of sp³-hybridized carbons (Fsp3) is 0.909. The molecule has 0 aromatic carbocycles. The highest BCUT2D eigenvalue weighted by Crippen LogP contribution is 2.16. The Balaban J connectivity index is 2.13. The Morgan fingerprint density at radius 3 is 2.94 bits per heavy atom. The van der Waals surface area contributed by atoms with Crippen molar-refractivity contribution < 1.29 is 9.47 Å². The third kappa shape index (κ3) is 4.63. The van der Waals surface area contributed by atoms with Gasteiger partial charge in [0.25, 0.3) is 0 Å². The van der Waals surface area contributed by atoms with Gasteiger partial charge in [-0.05, 0) is 25.1 Å². The first-order chi connectivity index (χ1) is 7.77. The standard InChI is InChI=1S/C11H22N2O2S/c1-14-7-3-5-12-11(16)13-6-4-10(8-13)9-15-2/h10H,3-9H2,1-2H3,(H,12,16). The lowest BCUT2D eigenvalue weighted by atomic mass is 10.1. The molecule has 1 aliphatic rings. The molecule has 1 unspecified atom stereocenters. The van der Waals surface area contributed by atoms with Gasteiger partial charge in [0.15, 0.2) is 5.11 Å². The van der Waals surface area contributed by atoms with Crippen molar-refractivity contribution in [2.75, 3.05) is 47.1 Å². The average Bonchev–Trinajstić information content (AvgIpc) is 2.73. The van der Waals surface area contributed by atoms with Crippen LogP contribution in [0.4, 0.5) is 0 Å². The van der Waals surface area contributed by atoms with E-state index < -0.39 is 0 Å². The first-order valence-electron chi connectivity index (χ1n) is 5.78. The summed E-state index contributed by atoms with van der Waals surface area (Å²) in [6, 6.07) is 0. The summed E-state index contributed by atoms with van der Waals surface area (Å²) in [7, 11) is 3.47. The fourth-order valence-electron chi connectivity index (χ4n) is 1.91. The number of likely N-dealkylation sites (tertiary alicyclic amines) is 1. The van der Waals surface area contributed by atoms with Crippen LogP contribution in [0.25, 0.3) is 0 Å². The minimum atomic E-state index is 0.628. The van der Waals surface area contributed by atoms with Crippen LogP contribution in [0.2, 0.25) is 0 Å². The second kappa shape index (κ2) is 7.81. The van der Waals surface area contributed by atoms with E-state index in [9.17, 15) is 0 Å². The number of rotatable bonds is 6. The largest absolute Gasteiger partial charge is 0.385 e. The lowest BCUT2D eigenvalue weighted by molar-refractivity contribution is 0.157. The van der Waals surface area contributed by atoms with Crippen LogP contribution in [-0.2, 0) is 9.47 Å². The molecule has 1 heterocycles. The summed E-state index contributed by atoms with van der Waals surface area (Å²) < 4.78 is 10.1. The molecule has 0 radical (unpaired) electrons. The Morgan fingerprint density at radius 1 is 1.44 bits per heavy atom. The molecule has 5 heteroatoms. The summed E-state index contributed by atoms with van der Waals surface area (Å²) in [5.41, 5.74) is 0. The van der Waals surface area contributed by atoms with E-state index in [0.29, 0.717) is 5.92 Å². The molecule has 0 aliphatic carbocycles. The van der Waals surface area contributed by atoms with Gasteiger partial charge in [-0.25, -0.2) is 0 Å². The van der Waals surface area contributed by atoms with E-state index in [4.69, 9.17) is 21.7 Å². The predicted molar refractivity (Wildman–Crippen MR) is 68.6 cm³/mol. The molecule has 94 valence electrons. The van der Waals surface area contributed by atoms with E-state index in [2.05, 4.69) is 10.2 Å². The Kier molecular flexibility index (Phi) is 6.68. The third-order valence-corrected chi connectivity index (χ3v) is 3.18. The maximum absolute atomic E-state index is 5.33. The first kappa shape index (κ1) is 13.7. The van der Waals surface area contributed by atoms with Crippen molar-refractivity contribution in [3.05, 3.63) is 0 Å². The van der Waals surface area contributed by atoms with Crippen molar-refractivity contribution in [3.8, 4) is 0 Å². The molecule has 0 amide bonds. The Labute approximate surface area is 103 Å². The molecule has 1 fully saturated rings. The van der Waals surface area contributed by atoms with Gasteiger partial charge in [-0.2, -0.15) is 0 Å². The van der Waals surface area contributed by atoms with Crippen molar-refractivity contribution >= 4 is 17.3 Å². The first-order valence-corrected chi connectivity index (χ1v) is 6.19. The van der Waals surface area contributed by atoms with Crippen molar-refractivity contribution in [1.82, 2.24) is 10.2 Å².